The summed E-state index contributed by atoms with van der Waals surface area (Å²) in [5.74, 6) is 2.85. The molecule has 0 radical (unpaired) electrons. The molecule has 7 rings (SSSR count). The van der Waals surface area contributed by atoms with Gasteiger partial charge in [-0.3, -0.25) is 14.5 Å². The van der Waals surface area contributed by atoms with Crippen LogP contribution < -0.4 is 9.64 Å². The standard InChI is InChI=1S/C23H19NO3/c25-22-20-16-10-11-17(19-12-18(16)19)21(20)23(26)24(22)13-6-8-15(9-7-13)27-14-4-2-1-3-5-14/h1-11,16-21H,12H2/t16-,17-,18-,19-,20-,21+/m0/s1. The molecule has 4 nitrogen and oxygen atoms in total. The fraction of sp³-hybridized carbons (Fsp3) is 0.304. The lowest BCUT2D eigenvalue weighted by atomic mass is 9.63. The Balaban J connectivity index is 1.28. The van der Waals surface area contributed by atoms with E-state index in [1.165, 1.54) is 11.3 Å². The number of ether oxygens (including phenoxy) is 1. The Bertz CT molecular complexity index is 929. The van der Waals surface area contributed by atoms with Crippen molar-refractivity contribution in [1.29, 1.82) is 0 Å². The molecule has 4 heteroatoms. The van der Waals surface area contributed by atoms with Crippen LogP contribution in [0.15, 0.2) is 66.7 Å². The largest absolute Gasteiger partial charge is 0.457 e. The van der Waals surface area contributed by atoms with Crippen molar-refractivity contribution >= 4 is 17.5 Å². The zero-order valence-electron chi connectivity index (χ0n) is 14.7. The Labute approximate surface area is 157 Å². The van der Waals surface area contributed by atoms with Crippen molar-refractivity contribution in [2.75, 3.05) is 4.90 Å². The van der Waals surface area contributed by atoms with E-state index in [0.717, 1.165) is 5.75 Å². The average molecular weight is 357 g/mol. The Morgan fingerprint density at radius 2 is 1.30 bits per heavy atom. The third-order valence-electron chi connectivity index (χ3n) is 6.74. The summed E-state index contributed by atoms with van der Waals surface area (Å²) in [4.78, 5) is 27.7. The number of nitrogens with zero attached hydrogens (tertiary/aromatic N) is 1. The summed E-state index contributed by atoms with van der Waals surface area (Å²) in [5.41, 5.74) is 0.646. The van der Waals surface area contributed by atoms with Gasteiger partial charge in [0.2, 0.25) is 11.8 Å². The first-order valence-corrected chi connectivity index (χ1v) is 9.61. The molecule has 0 unspecified atom stereocenters. The highest BCUT2D eigenvalue weighted by molar-refractivity contribution is 6.22. The molecule has 2 aromatic carbocycles. The predicted molar refractivity (Wildman–Crippen MR) is 100 cm³/mol. The molecule has 6 atom stereocenters. The van der Waals surface area contributed by atoms with Gasteiger partial charge in [-0.2, -0.15) is 0 Å². The maximum absolute atomic E-state index is 13.1. The van der Waals surface area contributed by atoms with Gasteiger partial charge in [0, 0.05) is 0 Å². The van der Waals surface area contributed by atoms with Crippen LogP contribution in [0.4, 0.5) is 5.69 Å². The highest BCUT2D eigenvalue weighted by Crippen LogP contribution is 2.65. The van der Waals surface area contributed by atoms with Crippen molar-refractivity contribution in [2.24, 2.45) is 35.5 Å². The van der Waals surface area contributed by atoms with Crippen LogP contribution in [0.25, 0.3) is 0 Å². The zero-order valence-corrected chi connectivity index (χ0v) is 14.7. The first kappa shape index (κ1) is 15.2. The van der Waals surface area contributed by atoms with Crippen molar-refractivity contribution in [3.05, 3.63) is 66.7 Å². The molecule has 134 valence electrons. The smallest absolute Gasteiger partial charge is 0.238 e. The van der Waals surface area contributed by atoms with Crippen molar-refractivity contribution < 1.29 is 14.3 Å². The monoisotopic (exact) mass is 357 g/mol. The molecular weight excluding hydrogens is 338 g/mol. The van der Waals surface area contributed by atoms with Gasteiger partial charge in [0.15, 0.2) is 0 Å². The number of carbonyl (C=O) groups excluding carboxylic acids is 2. The van der Waals surface area contributed by atoms with Crippen LogP contribution in [0.3, 0.4) is 0 Å². The van der Waals surface area contributed by atoms with Crippen LogP contribution in [-0.4, -0.2) is 11.8 Å². The highest BCUT2D eigenvalue weighted by Gasteiger charge is 2.67. The maximum Gasteiger partial charge on any atom is 0.238 e. The molecule has 2 aromatic rings. The van der Waals surface area contributed by atoms with Crippen molar-refractivity contribution in [3.63, 3.8) is 0 Å². The van der Waals surface area contributed by atoms with Gasteiger partial charge in [-0.15, -0.1) is 0 Å². The second kappa shape index (κ2) is 5.32. The van der Waals surface area contributed by atoms with Gasteiger partial charge in [0.05, 0.1) is 17.5 Å². The van der Waals surface area contributed by atoms with E-state index in [1.807, 2.05) is 54.6 Å². The normalized spacial score (nSPS) is 35.2. The quantitative estimate of drug-likeness (QED) is 0.615. The summed E-state index contributed by atoms with van der Waals surface area (Å²) >= 11 is 0. The van der Waals surface area contributed by atoms with Crippen molar-refractivity contribution in [2.45, 2.75) is 6.42 Å². The van der Waals surface area contributed by atoms with E-state index in [4.69, 9.17) is 4.74 Å². The van der Waals surface area contributed by atoms with E-state index in [9.17, 15) is 9.59 Å². The lowest BCUT2D eigenvalue weighted by Crippen LogP contribution is -2.40. The number of imide groups is 1. The van der Waals surface area contributed by atoms with Crippen LogP contribution in [0.2, 0.25) is 0 Å². The first-order valence-electron chi connectivity index (χ1n) is 9.61. The van der Waals surface area contributed by atoms with E-state index in [-0.39, 0.29) is 35.5 Å². The van der Waals surface area contributed by atoms with Crippen LogP contribution in [0.5, 0.6) is 11.5 Å². The third-order valence-corrected chi connectivity index (χ3v) is 6.74. The van der Waals surface area contributed by atoms with E-state index >= 15 is 0 Å². The number of hydrogen-bond acceptors (Lipinski definition) is 3. The minimum Gasteiger partial charge on any atom is -0.457 e. The third kappa shape index (κ3) is 2.10. The van der Waals surface area contributed by atoms with E-state index in [1.54, 1.807) is 0 Å². The molecular formula is C23H19NO3. The number of benzene rings is 2. The summed E-state index contributed by atoms with van der Waals surface area (Å²) in [5, 5.41) is 0. The molecule has 2 amide bonds. The van der Waals surface area contributed by atoms with Gasteiger partial charge in [-0.25, -0.2) is 0 Å². The SMILES string of the molecule is O=C1[C@@H]2[C@H]3C=C[C@@H]([C@@H]4C[C@@H]34)[C@@H]2C(=O)N1c1ccc(Oc2ccccc2)cc1. The first-order chi connectivity index (χ1) is 13.2. The van der Waals surface area contributed by atoms with Crippen LogP contribution >= 0.6 is 0 Å². The Kier molecular flexibility index (Phi) is 2.99. The second-order valence-corrected chi connectivity index (χ2v) is 8.08. The van der Waals surface area contributed by atoms with E-state index in [2.05, 4.69) is 12.2 Å². The number of carbonyl (C=O) groups is 2. The van der Waals surface area contributed by atoms with Crippen LogP contribution in [0, 0.1) is 35.5 Å². The summed E-state index contributed by atoms with van der Waals surface area (Å²) in [6.45, 7) is 0. The van der Waals surface area contributed by atoms with Gasteiger partial charge in [-0.1, -0.05) is 30.4 Å². The Morgan fingerprint density at radius 1 is 0.741 bits per heavy atom. The molecule has 2 saturated carbocycles. The highest BCUT2D eigenvalue weighted by atomic mass is 16.5. The number of amides is 2. The maximum atomic E-state index is 13.1. The minimum atomic E-state index is -0.156. The second-order valence-electron chi connectivity index (χ2n) is 8.08. The molecule has 1 heterocycles. The molecule has 3 fully saturated rings. The summed E-state index contributed by atoms with van der Waals surface area (Å²) in [6, 6.07) is 16.8. The molecule has 1 aliphatic heterocycles. The average Bonchev–Trinajstić information content (AvgIpc) is 3.48. The van der Waals surface area contributed by atoms with Gasteiger partial charge >= 0.3 is 0 Å². The zero-order chi connectivity index (χ0) is 18.1. The minimum absolute atomic E-state index is 0.0218. The summed E-state index contributed by atoms with van der Waals surface area (Å²) in [7, 11) is 0. The van der Waals surface area contributed by atoms with Gasteiger partial charge in [0.1, 0.15) is 11.5 Å². The lowest BCUT2D eigenvalue weighted by molar-refractivity contribution is -0.124. The molecule has 0 aromatic heterocycles. The molecule has 2 bridgehead atoms. The van der Waals surface area contributed by atoms with Gasteiger partial charge in [-0.05, 0) is 66.5 Å². The lowest BCUT2D eigenvalue weighted by Gasteiger charge is -2.37. The molecule has 4 aliphatic carbocycles. The topological polar surface area (TPSA) is 46.6 Å². The molecule has 0 spiro atoms. The van der Waals surface area contributed by atoms with Gasteiger partial charge in [0.25, 0.3) is 0 Å². The van der Waals surface area contributed by atoms with Gasteiger partial charge < -0.3 is 4.74 Å². The molecule has 0 N–H and O–H groups in total. The Hall–Kier alpha value is -2.88. The van der Waals surface area contributed by atoms with Crippen LogP contribution in [-0.2, 0) is 9.59 Å². The van der Waals surface area contributed by atoms with Crippen molar-refractivity contribution in [3.8, 4) is 11.5 Å². The predicted octanol–water partition coefficient (Wildman–Crippen LogP) is 4.04. The molecule has 1 saturated heterocycles. The number of rotatable bonds is 3. The number of hydrogen-bond donors (Lipinski definition) is 0. The summed E-state index contributed by atoms with van der Waals surface area (Å²) in [6.07, 6.45) is 5.58. The fourth-order valence-electron chi connectivity index (χ4n) is 5.50. The van der Waals surface area contributed by atoms with Crippen LogP contribution in [0.1, 0.15) is 6.42 Å². The Morgan fingerprint density at radius 3 is 1.89 bits per heavy atom. The molecule has 5 aliphatic rings. The number of para-hydroxylation sites is 1. The number of anilines is 1. The number of allylic oxidation sites excluding steroid dienone is 2. The van der Waals surface area contributed by atoms with Crippen molar-refractivity contribution in [1.82, 2.24) is 0 Å². The van der Waals surface area contributed by atoms with E-state index in [0.29, 0.717) is 23.3 Å². The molecule has 27 heavy (non-hydrogen) atoms. The van der Waals surface area contributed by atoms with E-state index < -0.39 is 0 Å². The summed E-state index contributed by atoms with van der Waals surface area (Å²) < 4.78 is 5.81. The fourth-order valence-corrected chi connectivity index (χ4v) is 5.50.